The second-order valence-corrected chi connectivity index (χ2v) is 6.10. The molecule has 0 radical (unpaired) electrons. The van der Waals surface area contributed by atoms with Gasteiger partial charge >= 0.3 is 0 Å². The third-order valence-corrected chi connectivity index (χ3v) is 4.41. The van der Waals surface area contributed by atoms with Crippen LogP contribution in [-0.4, -0.2) is 19.6 Å². The van der Waals surface area contributed by atoms with Crippen LogP contribution in [0, 0.1) is 17.8 Å². The Morgan fingerprint density at radius 1 is 1.17 bits per heavy atom. The van der Waals surface area contributed by atoms with Gasteiger partial charge in [-0.1, -0.05) is 32.0 Å². The predicted octanol–water partition coefficient (Wildman–Crippen LogP) is 3.13. The number of rotatable bonds is 3. The van der Waals surface area contributed by atoms with Gasteiger partial charge in [0.2, 0.25) is 0 Å². The van der Waals surface area contributed by atoms with E-state index in [-0.39, 0.29) is 0 Å². The normalized spacial score (nSPS) is 32.2. The number of nitrogens with zero attached hydrogens (tertiary/aromatic N) is 1. The summed E-state index contributed by atoms with van der Waals surface area (Å²) in [5, 5.41) is 0. The lowest BCUT2D eigenvalue weighted by atomic mass is 9.72. The van der Waals surface area contributed by atoms with E-state index in [1.54, 1.807) is 0 Å². The molecular formula is C16H26N2. The van der Waals surface area contributed by atoms with Gasteiger partial charge in [-0.2, -0.15) is 0 Å². The summed E-state index contributed by atoms with van der Waals surface area (Å²) >= 11 is 0. The van der Waals surface area contributed by atoms with E-state index in [1.165, 1.54) is 18.5 Å². The fourth-order valence-corrected chi connectivity index (χ4v) is 3.39. The summed E-state index contributed by atoms with van der Waals surface area (Å²) in [6.45, 7) is 5.76. The van der Waals surface area contributed by atoms with Gasteiger partial charge in [0.25, 0.3) is 0 Å². The summed E-state index contributed by atoms with van der Waals surface area (Å²) in [4.78, 5) is 2.34. The monoisotopic (exact) mass is 246 g/mol. The van der Waals surface area contributed by atoms with Crippen molar-refractivity contribution in [3.8, 4) is 0 Å². The molecule has 0 spiro atoms. The van der Waals surface area contributed by atoms with Crippen molar-refractivity contribution in [3.63, 3.8) is 0 Å². The number of anilines is 1. The number of hydrogen-bond donors (Lipinski definition) is 1. The van der Waals surface area contributed by atoms with Crippen LogP contribution in [0.4, 0.5) is 5.69 Å². The minimum atomic E-state index is 0.356. The molecule has 0 aromatic heterocycles. The summed E-state index contributed by atoms with van der Waals surface area (Å²) in [5.41, 5.74) is 7.65. The second-order valence-electron chi connectivity index (χ2n) is 6.10. The molecule has 4 atom stereocenters. The molecule has 2 nitrogen and oxygen atoms in total. The lowest BCUT2D eigenvalue weighted by molar-refractivity contribution is 0.178. The summed E-state index contributed by atoms with van der Waals surface area (Å²) in [7, 11) is 2.17. The van der Waals surface area contributed by atoms with Gasteiger partial charge in [-0.05, 0) is 42.7 Å². The molecule has 2 heteroatoms. The molecule has 1 fully saturated rings. The molecule has 0 aliphatic heterocycles. The van der Waals surface area contributed by atoms with Crippen LogP contribution >= 0.6 is 0 Å². The minimum Gasteiger partial charge on any atom is -0.374 e. The molecule has 0 saturated heterocycles. The number of hydrogen-bond acceptors (Lipinski definition) is 2. The first kappa shape index (κ1) is 13.4. The maximum atomic E-state index is 6.36. The van der Waals surface area contributed by atoms with E-state index in [2.05, 4.69) is 56.1 Å². The average molecular weight is 246 g/mol. The highest BCUT2D eigenvalue weighted by atomic mass is 15.1. The van der Waals surface area contributed by atoms with Gasteiger partial charge in [0.1, 0.15) is 0 Å². The van der Waals surface area contributed by atoms with Crippen LogP contribution in [0.3, 0.4) is 0 Å². The second kappa shape index (κ2) is 5.75. The molecule has 1 aromatic carbocycles. The first-order chi connectivity index (χ1) is 8.58. The first-order valence-electron chi connectivity index (χ1n) is 7.09. The highest BCUT2D eigenvalue weighted by Gasteiger charge is 2.32. The van der Waals surface area contributed by atoms with Crippen LogP contribution < -0.4 is 10.6 Å². The molecule has 4 unspecified atom stereocenters. The predicted molar refractivity (Wildman–Crippen MR) is 78.7 cm³/mol. The number of para-hydroxylation sites is 1. The van der Waals surface area contributed by atoms with E-state index < -0.39 is 0 Å². The third-order valence-electron chi connectivity index (χ3n) is 4.41. The van der Waals surface area contributed by atoms with Crippen molar-refractivity contribution in [2.75, 3.05) is 18.5 Å². The van der Waals surface area contributed by atoms with Crippen molar-refractivity contribution in [1.82, 2.24) is 0 Å². The van der Waals surface area contributed by atoms with Crippen molar-refractivity contribution in [2.45, 2.75) is 32.7 Å². The number of nitrogens with two attached hydrogens (primary N) is 1. The Kier molecular flexibility index (Phi) is 4.28. The maximum Gasteiger partial charge on any atom is 0.0363 e. The van der Waals surface area contributed by atoms with Crippen LogP contribution in [0.2, 0.25) is 0 Å². The van der Waals surface area contributed by atoms with Crippen molar-refractivity contribution in [1.29, 1.82) is 0 Å². The van der Waals surface area contributed by atoms with E-state index in [1.807, 2.05) is 0 Å². The molecule has 0 amide bonds. The lowest BCUT2D eigenvalue weighted by Crippen LogP contribution is -2.46. The zero-order valence-electron chi connectivity index (χ0n) is 11.8. The minimum absolute atomic E-state index is 0.356. The number of benzene rings is 1. The van der Waals surface area contributed by atoms with E-state index in [9.17, 15) is 0 Å². The van der Waals surface area contributed by atoms with Gasteiger partial charge < -0.3 is 10.6 Å². The van der Waals surface area contributed by atoms with Gasteiger partial charge in [0.05, 0.1) is 0 Å². The van der Waals surface area contributed by atoms with Gasteiger partial charge in [-0.25, -0.2) is 0 Å². The molecule has 2 rings (SSSR count). The molecule has 0 heterocycles. The highest BCUT2D eigenvalue weighted by molar-refractivity contribution is 5.45. The molecule has 1 aliphatic carbocycles. The summed E-state index contributed by atoms with van der Waals surface area (Å²) in [6.07, 6.45) is 2.50. The van der Waals surface area contributed by atoms with Crippen LogP contribution in [0.5, 0.6) is 0 Å². The molecule has 2 N–H and O–H groups in total. The average Bonchev–Trinajstić information content (AvgIpc) is 2.34. The van der Waals surface area contributed by atoms with Crippen molar-refractivity contribution < 1.29 is 0 Å². The first-order valence-corrected chi connectivity index (χ1v) is 7.09. The standard InChI is InChI=1S/C16H26N2/c1-12-9-13(2)15(16(17)10-12)11-18(3)14-7-5-4-6-8-14/h4-8,12-13,15-16H,9-11,17H2,1-3H3. The van der Waals surface area contributed by atoms with Crippen LogP contribution in [0.25, 0.3) is 0 Å². The van der Waals surface area contributed by atoms with Gasteiger partial charge in [0.15, 0.2) is 0 Å². The summed E-state index contributed by atoms with van der Waals surface area (Å²) in [5.74, 6) is 2.13. The van der Waals surface area contributed by atoms with Gasteiger partial charge in [0, 0.05) is 25.3 Å². The fourth-order valence-electron chi connectivity index (χ4n) is 3.39. The molecule has 18 heavy (non-hydrogen) atoms. The molecule has 100 valence electrons. The third kappa shape index (κ3) is 3.05. The lowest BCUT2D eigenvalue weighted by Gasteiger charge is -2.40. The summed E-state index contributed by atoms with van der Waals surface area (Å²) in [6, 6.07) is 10.9. The topological polar surface area (TPSA) is 29.3 Å². The van der Waals surface area contributed by atoms with Crippen molar-refractivity contribution in [2.24, 2.45) is 23.5 Å². The maximum absolute atomic E-state index is 6.36. The van der Waals surface area contributed by atoms with Gasteiger partial charge in [-0.3, -0.25) is 0 Å². The Balaban J connectivity index is 2.00. The summed E-state index contributed by atoms with van der Waals surface area (Å²) < 4.78 is 0. The fraction of sp³-hybridized carbons (Fsp3) is 0.625. The molecule has 1 aliphatic rings. The zero-order chi connectivity index (χ0) is 13.1. The Morgan fingerprint density at radius 3 is 2.44 bits per heavy atom. The quantitative estimate of drug-likeness (QED) is 0.888. The molecule has 0 bridgehead atoms. The van der Waals surface area contributed by atoms with E-state index in [4.69, 9.17) is 5.73 Å². The Morgan fingerprint density at radius 2 is 1.83 bits per heavy atom. The largest absolute Gasteiger partial charge is 0.374 e. The van der Waals surface area contributed by atoms with E-state index >= 15 is 0 Å². The van der Waals surface area contributed by atoms with Crippen LogP contribution in [0.15, 0.2) is 30.3 Å². The molecule has 1 aromatic rings. The van der Waals surface area contributed by atoms with Crippen molar-refractivity contribution >= 4 is 5.69 Å². The molecule has 1 saturated carbocycles. The Hall–Kier alpha value is -1.02. The van der Waals surface area contributed by atoms with E-state index in [0.717, 1.165) is 18.4 Å². The Labute approximate surface area is 111 Å². The zero-order valence-corrected chi connectivity index (χ0v) is 11.8. The van der Waals surface area contributed by atoms with Crippen LogP contribution in [-0.2, 0) is 0 Å². The van der Waals surface area contributed by atoms with Crippen molar-refractivity contribution in [3.05, 3.63) is 30.3 Å². The van der Waals surface area contributed by atoms with E-state index in [0.29, 0.717) is 12.0 Å². The van der Waals surface area contributed by atoms with Crippen LogP contribution in [0.1, 0.15) is 26.7 Å². The molecular weight excluding hydrogens is 220 g/mol. The van der Waals surface area contributed by atoms with Gasteiger partial charge in [-0.15, -0.1) is 0 Å². The Bertz CT molecular complexity index is 351. The SMILES string of the molecule is CC1CC(C)C(CN(C)c2ccccc2)C(N)C1. The highest BCUT2D eigenvalue weighted by Crippen LogP contribution is 2.33. The smallest absolute Gasteiger partial charge is 0.0363 e.